The van der Waals surface area contributed by atoms with Crippen LogP contribution >= 0.6 is 0 Å². The highest BCUT2D eigenvalue weighted by Crippen LogP contribution is 2.42. The van der Waals surface area contributed by atoms with Gasteiger partial charge in [-0.1, -0.05) is 30.3 Å². The Morgan fingerprint density at radius 3 is 2.39 bits per heavy atom. The van der Waals surface area contributed by atoms with Crippen LogP contribution in [0.25, 0.3) is 0 Å². The lowest BCUT2D eigenvalue weighted by Crippen LogP contribution is -2.42. The van der Waals surface area contributed by atoms with Gasteiger partial charge in [0.15, 0.2) is 0 Å². The molecule has 5 heteroatoms. The summed E-state index contributed by atoms with van der Waals surface area (Å²) in [6, 6.07) is 13.5. The van der Waals surface area contributed by atoms with Crippen molar-refractivity contribution in [1.82, 2.24) is 4.90 Å². The third-order valence-corrected chi connectivity index (χ3v) is 4.30. The number of benzene rings is 2. The van der Waals surface area contributed by atoms with Crippen molar-refractivity contribution in [3.63, 3.8) is 0 Å². The summed E-state index contributed by atoms with van der Waals surface area (Å²) in [5.41, 5.74) is 1.78. The number of nitrogens with zero attached hydrogens (tertiary/aromatic N) is 1. The summed E-state index contributed by atoms with van der Waals surface area (Å²) in [4.78, 5) is 26.0. The van der Waals surface area contributed by atoms with Gasteiger partial charge in [0.05, 0.1) is 13.2 Å². The second-order valence-corrected chi connectivity index (χ2v) is 5.54. The van der Waals surface area contributed by atoms with Gasteiger partial charge < -0.3 is 14.7 Å². The Labute approximate surface area is 134 Å². The van der Waals surface area contributed by atoms with E-state index >= 15 is 0 Å². The molecule has 2 unspecified atom stereocenters. The molecule has 2 aromatic rings. The lowest BCUT2D eigenvalue weighted by molar-refractivity contribution is -0.140. The zero-order chi connectivity index (χ0) is 16.6. The van der Waals surface area contributed by atoms with E-state index in [1.54, 1.807) is 62.7 Å². The van der Waals surface area contributed by atoms with Gasteiger partial charge in [-0.05, 0) is 29.3 Å². The maximum atomic E-state index is 12.6. The first kappa shape index (κ1) is 15.1. The lowest BCUT2D eigenvalue weighted by Gasteiger charge is -2.38. The highest BCUT2D eigenvalue weighted by molar-refractivity contribution is 6.00. The summed E-state index contributed by atoms with van der Waals surface area (Å²) in [6.45, 7) is 0. The smallest absolute Gasteiger partial charge is 0.313 e. The van der Waals surface area contributed by atoms with E-state index in [1.165, 1.54) is 4.90 Å². The Hall–Kier alpha value is -2.82. The fraction of sp³-hybridized carbons (Fsp3) is 0.222. The highest BCUT2D eigenvalue weighted by Gasteiger charge is 2.42. The fourth-order valence-corrected chi connectivity index (χ4v) is 3.16. The summed E-state index contributed by atoms with van der Waals surface area (Å²) in [5, 5.41) is 9.76. The molecular weight excluding hydrogens is 294 g/mol. The molecule has 0 radical (unpaired) electrons. The highest BCUT2D eigenvalue weighted by atomic mass is 16.5. The maximum Gasteiger partial charge on any atom is 0.313 e. The molecule has 1 N–H and O–H groups in total. The second-order valence-electron chi connectivity index (χ2n) is 5.54. The van der Waals surface area contributed by atoms with E-state index in [0.29, 0.717) is 16.9 Å². The topological polar surface area (TPSA) is 66.8 Å². The number of amides is 1. The molecule has 1 aliphatic heterocycles. The van der Waals surface area contributed by atoms with Crippen LogP contribution in [-0.4, -0.2) is 36.0 Å². The van der Waals surface area contributed by atoms with Gasteiger partial charge in [0.1, 0.15) is 11.7 Å². The van der Waals surface area contributed by atoms with Crippen LogP contribution in [0.3, 0.4) is 0 Å². The largest absolute Gasteiger partial charge is 0.497 e. The Bertz CT molecular complexity index is 754. The van der Waals surface area contributed by atoms with Crippen LogP contribution in [0.15, 0.2) is 48.5 Å². The number of ether oxygens (including phenoxy) is 1. The number of rotatable bonds is 3. The van der Waals surface area contributed by atoms with Crippen LogP contribution in [0.5, 0.6) is 5.75 Å². The summed E-state index contributed by atoms with van der Waals surface area (Å²) in [6.07, 6.45) is 0. The van der Waals surface area contributed by atoms with Gasteiger partial charge in [0.25, 0.3) is 5.91 Å². The average Bonchev–Trinajstić information content (AvgIpc) is 2.57. The van der Waals surface area contributed by atoms with Crippen LogP contribution < -0.4 is 4.74 Å². The minimum Gasteiger partial charge on any atom is -0.497 e. The van der Waals surface area contributed by atoms with Crippen molar-refractivity contribution in [1.29, 1.82) is 0 Å². The number of likely N-dealkylation sites (N-methyl/N-ethyl adjacent to an activating group) is 1. The molecule has 2 atom stereocenters. The van der Waals surface area contributed by atoms with Crippen LogP contribution in [0.1, 0.15) is 33.4 Å². The predicted molar refractivity (Wildman–Crippen MR) is 84.6 cm³/mol. The van der Waals surface area contributed by atoms with E-state index in [-0.39, 0.29) is 5.91 Å². The van der Waals surface area contributed by atoms with Gasteiger partial charge in [-0.15, -0.1) is 0 Å². The maximum absolute atomic E-state index is 12.6. The van der Waals surface area contributed by atoms with Gasteiger partial charge in [-0.3, -0.25) is 9.59 Å². The van der Waals surface area contributed by atoms with Crippen molar-refractivity contribution in [2.75, 3.05) is 14.2 Å². The summed E-state index contributed by atoms with van der Waals surface area (Å²) < 4.78 is 5.14. The Kier molecular flexibility index (Phi) is 3.78. The van der Waals surface area contributed by atoms with Crippen LogP contribution in [0, 0.1) is 0 Å². The first-order chi connectivity index (χ1) is 11.0. The van der Waals surface area contributed by atoms with Gasteiger partial charge in [0, 0.05) is 12.6 Å². The Morgan fingerprint density at radius 1 is 1.13 bits per heavy atom. The SMILES string of the molecule is COc1ccc(C2C(C(=O)O)c3ccccc3C(=O)N2C)cc1. The van der Waals surface area contributed by atoms with Crippen LogP contribution in [0.2, 0.25) is 0 Å². The van der Waals surface area contributed by atoms with Gasteiger partial charge in [0.2, 0.25) is 0 Å². The molecule has 2 aromatic carbocycles. The van der Waals surface area contributed by atoms with Crippen molar-refractivity contribution < 1.29 is 19.4 Å². The number of carboxylic acids is 1. The molecule has 3 rings (SSSR count). The van der Waals surface area contributed by atoms with E-state index in [4.69, 9.17) is 4.74 Å². The molecule has 1 aliphatic rings. The third kappa shape index (κ3) is 2.44. The molecule has 0 spiro atoms. The minimum atomic E-state index is -0.947. The molecule has 0 saturated heterocycles. The van der Waals surface area contributed by atoms with Crippen molar-refractivity contribution >= 4 is 11.9 Å². The lowest BCUT2D eigenvalue weighted by atomic mass is 9.80. The Balaban J connectivity index is 2.14. The van der Waals surface area contributed by atoms with Crippen LogP contribution in [-0.2, 0) is 4.79 Å². The summed E-state index contributed by atoms with van der Waals surface area (Å²) in [7, 11) is 3.21. The minimum absolute atomic E-state index is 0.168. The van der Waals surface area contributed by atoms with Crippen molar-refractivity contribution in [2.24, 2.45) is 0 Å². The Morgan fingerprint density at radius 2 is 1.78 bits per heavy atom. The number of hydrogen-bond acceptors (Lipinski definition) is 3. The third-order valence-electron chi connectivity index (χ3n) is 4.30. The number of fused-ring (bicyclic) bond motifs is 1. The first-order valence-corrected chi connectivity index (χ1v) is 7.27. The molecule has 5 nitrogen and oxygen atoms in total. The average molecular weight is 311 g/mol. The molecular formula is C18H17NO4. The molecule has 23 heavy (non-hydrogen) atoms. The predicted octanol–water partition coefficient (Wildman–Crippen LogP) is 2.69. The van der Waals surface area contributed by atoms with Crippen molar-refractivity contribution in [3.8, 4) is 5.75 Å². The standard InChI is InChI=1S/C18H17NO4/c1-19-16(11-7-9-12(23-2)10-8-11)15(18(21)22)13-5-3-4-6-14(13)17(19)20/h3-10,15-16H,1-2H3,(H,21,22). The van der Waals surface area contributed by atoms with E-state index < -0.39 is 17.9 Å². The normalized spacial score (nSPS) is 20.1. The summed E-state index contributed by atoms with van der Waals surface area (Å²) in [5.74, 6) is -1.23. The number of carbonyl (C=O) groups excluding carboxylic acids is 1. The van der Waals surface area contributed by atoms with Crippen LogP contribution in [0.4, 0.5) is 0 Å². The number of carbonyl (C=O) groups is 2. The molecule has 0 aromatic heterocycles. The molecule has 0 saturated carbocycles. The van der Waals surface area contributed by atoms with Gasteiger partial charge in [-0.2, -0.15) is 0 Å². The van der Waals surface area contributed by atoms with Gasteiger partial charge >= 0.3 is 5.97 Å². The van der Waals surface area contributed by atoms with Gasteiger partial charge in [-0.25, -0.2) is 0 Å². The number of hydrogen-bond donors (Lipinski definition) is 1. The molecule has 0 aliphatic carbocycles. The van der Waals surface area contributed by atoms with Crippen molar-refractivity contribution in [2.45, 2.75) is 12.0 Å². The number of aliphatic carboxylic acids is 1. The monoisotopic (exact) mass is 311 g/mol. The van der Waals surface area contributed by atoms with Crippen molar-refractivity contribution in [3.05, 3.63) is 65.2 Å². The number of carboxylic acid groups (broad SMARTS) is 1. The molecule has 1 heterocycles. The molecule has 1 amide bonds. The quantitative estimate of drug-likeness (QED) is 0.946. The van der Waals surface area contributed by atoms with E-state index in [0.717, 1.165) is 5.56 Å². The fourth-order valence-electron chi connectivity index (χ4n) is 3.16. The summed E-state index contributed by atoms with van der Waals surface area (Å²) >= 11 is 0. The molecule has 118 valence electrons. The first-order valence-electron chi connectivity index (χ1n) is 7.27. The van der Waals surface area contributed by atoms with E-state index in [1.807, 2.05) is 0 Å². The molecule has 0 bridgehead atoms. The van der Waals surface area contributed by atoms with E-state index in [9.17, 15) is 14.7 Å². The zero-order valence-corrected chi connectivity index (χ0v) is 12.9. The zero-order valence-electron chi connectivity index (χ0n) is 12.9. The molecule has 0 fully saturated rings. The number of methoxy groups -OCH3 is 1. The second kappa shape index (κ2) is 5.76. The van der Waals surface area contributed by atoms with E-state index in [2.05, 4.69) is 0 Å².